The van der Waals surface area contributed by atoms with E-state index in [-0.39, 0.29) is 0 Å². The zero-order chi connectivity index (χ0) is 18.9. The molecule has 0 spiro atoms. The molecule has 5 rings (SSSR count). The molecule has 0 atom stereocenters. The van der Waals surface area contributed by atoms with E-state index in [4.69, 9.17) is 0 Å². The second-order valence-corrected chi connectivity index (χ2v) is 7.20. The quantitative estimate of drug-likeness (QED) is 0.609. The van der Waals surface area contributed by atoms with Crippen LogP contribution in [0.4, 0.5) is 5.82 Å². The molecule has 142 valence electrons. The number of H-pyrrole nitrogens is 2. The van der Waals surface area contributed by atoms with Crippen molar-refractivity contribution >= 4 is 34.9 Å². The fraction of sp³-hybridized carbons (Fsp3) is 0.300. The standard InChI is InChI=1S/C20H21N7O/c28-12-27-6-4-13(5-7-27)18-9-16-19(21-11-22-20(16)25-18)24-15-2-1-3-17-14(8-15)10-23-26-17/h4,8-12H,1-3,5-7H2,(H,23,26)(H2,21,22,24,25). The summed E-state index contributed by atoms with van der Waals surface area (Å²) in [6.07, 6.45) is 12.4. The Balaban J connectivity index is 1.45. The Morgan fingerprint density at radius 3 is 3.04 bits per heavy atom. The highest BCUT2D eigenvalue weighted by atomic mass is 16.1. The molecule has 8 nitrogen and oxygen atoms in total. The molecule has 0 bridgehead atoms. The monoisotopic (exact) mass is 375 g/mol. The molecule has 1 amide bonds. The van der Waals surface area contributed by atoms with Gasteiger partial charge in [0.25, 0.3) is 0 Å². The van der Waals surface area contributed by atoms with Crippen LogP contribution in [0.1, 0.15) is 36.2 Å². The number of aryl methyl sites for hydroxylation is 1. The van der Waals surface area contributed by atoms with E-state index in [0.29, 0.717) is 6.54 Å². The van der Waals surface area contributed by atoms with Gasteiger partial charge in [0.1, 0.15) is 17.8 Å². The highest BCUT2D eigenvalue weighted by Gasteiger charge is 2.16. The van der Waals surface area contributed by atoms with E-state index in [0.717, 1.165) is 72.4 Å². The Bertz CT molecular complexity index is 1090. The summed E-state index contributed by atoms with van der Waals surface area (Å²) >= 11 is 0. The van der Waals surface area contributed by atoms with Crippen molar-refractivity contribution in [1.82, 2.24) is 30.0 Å². The summed E-state index contributed by atoms with van der Waals surface area (Å²) < 4.78 is 0. The van der Waals surface area contributed by atoms with Crippen molar-refractivity contribution in [3.8, 4) is 0 Å². The lowest BCUT2D eigenvalue weighted by Gasteiger charge is -2.21. The first-order valence-corrected chi connectivity index (χ1v) is 9.52. The molecule has 0 fully saturated rings. The minimum atomic E-state index is 0.644. The van der Waals surface area contributed by atoms with Gasteiger partial charge >= 0.3 is 0 Å². The van der Waals surface area contributed by atoms with Gasteiger partial charge in [-0.25, -0.2) is 9.97 Å². The number of allylic oxidation sites excluding steroid dienone is 1. The number of carbonyl (C=O) groups is 1. The second kappa shape index (κ2) is 6.95. The summed E-state index contributed by atoms with van der Waals surface area (Å²) in [6.45, 7) is 1.38. The van der Waals surface area contributed by atoms with Crippen LogP contribution in [0.25, 0.3) is 22.7 Å². The van der Waals surface area contributed by atoms with Gasteiger partial charge in [0, 0.05) is 35.7 Å². The summed E-state index contributed by atoms with van der Waals surface area (Å²) in [5, 5.41) is 11.7. The first-order chi connectivity index (χ1) is 13.8. The molecule has 8 heteroatoms. The first-order valence-electron chi connectivity index (χ1n) is 9.52. The van der Waals surface area contributed by atoms with Crippen molar-refractivity contribution < 1.29 is 4.79 Å². The largest absolute Gasteiger partial charge is 0.343 e. The molecule has 1 aliphatic heterocycles. The number of nitrogens with zero attached hydrogens (tertiary/aromatic N) is 4. The predicted molar refractivity (Wildman–Crippen MR) is 107 cm³/mol. The molecule has 0 saturated carbocycles. The van der Waals surface area contributed by atoms with E-state index in [2.05, 4.69) is 48.7 Å². The van der Waals surface area contributed by atoms with E-state index < -0.39 is 0 Å². The molecule has 0 unspecified atom stereocenters. The topological polar surface area (TPSA) is 103 Å². The van der Waals surface area contributed by atoms with Gasteiger partial charge < -0.3 is 15.2 Å². The molecule has 3 aromatic heterocycles. The van der Waals surface area contributed by atoms with Crippen LogP contribution in [0, 0.1) is 0 Å². The van der Waals surface area contributed by atoms with Crippen LogP contribution in [-0.4, -0.2) is 49.5 Å². The maximum absolute atomic E-state index is 10.9. The molecule has 0 saturated heterocycles. The average molecular weight is 375 g/mol. The number of fused-ring (bicyclic) bond motifs is 2. The number of hydrogen-bond acceptors (Lipinski definition) is 5. The number of anilines is 1. The Morgan fingerprint density at radius 1 is 1.21 bits per heavy atom. The average Bonchev–Trinajstić information content (AvgIpc) is 3.31. The molecule has 0 radical (unpaired) electrons. The number of aromatic amines is 2. The van der Waals surface area contributed by atoms with Crippen molar-refractivity contribution in [3.63, 3.8) is 0 Å². The molecule has 0 aromatic carbocycles. The number of carbonyl (C=O) groups excluding carboxylic acids is 1. The van der Waals surface area contributed by atoms with Gasteiger partial charge in [0.2, 0.25) is 6.41 Å². The fourth-order valence-corrected chi connectivity index (χ4v) is 3.85. The summed E-state index contributed by atoms with van der Waals surface area (Å²) in [4.78, 5) is 24.9. The van der Waals surface area contributed by atoms with Gasteiger partial charge in [0.15, 0.2) is 0 Å². The maximum atomic E-state index is 10.9. The maximum Gasteiger partial charge on any atom is 0.209 e. The van der Waals surface area contributed by atoms with Gasteiger partial charge in [-0.05, 0) is 43.4 Å². The van der Waals surface area contributed by atoms with Crippen LogP contribution < -0.4 is 5.32 Å². The van der Waals surface area contributed by atoms with E-state index in [1.54, 1.807) is 11.2 Å². The minimum absolute atomic E-state index is 0.644. The van der Waals surface area contributed by atoms with Crippen LogP contribution in [0.3, 0.4) is 0 Å². The number of amides is 1. The van der Waals surface area contributed by atoms with E-state index in [9.17, 15) is 4.79 Å². The van der Waals surface area contributed by atoms with Gasteiger partial charge in [-0.15, -0.1) is 0 Å². The SMILES string of the molecule is O=CN1CC=C(c2cc3c(NC4=Cc5cn[nH]c5CCC4)ncnc3[nH]2)CC1. The van der Waals surface area contributed by atoms with Crippen LogP contribution in [0.5, 0.6) is 0 Å². The normalized spacial score (nSPS) is 16.9. The number of nitrogens with one attached hydrogen (secondary N) is 3. The fourth-order valence-electron chi connectivity index (χ4n) is 3.85. The first kappa shape index (κ1) is 16.7. The zero-order valence-corrected chi connectivity index (χ0v) is 15.4. The lowest BCUT2D eigenvalue weighted by Crippen LogP contribution is -2.26. The molecular formula is C20H21N7O. The van der Waals surface area contributed by atoms with Gasteiger partial charge in [-0.3, -0.25) is 9.89 Å². The molecule has 2 aliphatic rings. The molecular weight excluding hydrogens is 354 g/mol. The Hall–Kier alpha value is -3.42. The van der Waals surface area contributed by atoms with Crippen molar-refractivity contribution in [1.29, 1.82) is 0 Å². The molecule has 4 heterocycles. The highest BCUT2D eigenvalue weighted by molar-refractivity contribution is 5.91. The molecule has 3 N–H and O–H groups in total. The van der Waals surface area contributed by atoms with E-state index in [1.807, 2.05) is 6.20 Å². The van der Waals surface area contributed by atoms with Crippen LogP contribution in [0.2, 0.25) is 0 Å². The van der Waals surface area contributed by atoms with Crippen LogP contribution >= 0.6 is 0 Å². The Kier molecular flexibility index (Phi) is 4.16. The lowest BCUT2D eigenvalue weighted by molar-refractivity contribution is -0.117. The van der Waals surface area contributed by atoms with Gasteiger partial charge in [-0.2, -0.15) is 5.10 Å². The predicted octanol–water partition coefficient (Wildman–Crippen LogP) is 2.72. The summed E-state index contributed by atoms with van der Waals surface area (Å²) in [6, 6.07) is 2.10. The minimum Gasteiger partial charge on any atom is -0.343 e. The van der Waals surface area contributed by atoms with Crippen molar-refractivity contribution in [3.05, 3.63) is 47.3 Å². The smallest absolute Gasteiger partial charge is 0.209 e. The van der Waals surface area contributed by atoms with Gasteiger partial charge in [0.05, 0.1) is 11.6 Å². The van der Waals surface area contributed by atoms with Crippen LogP contribution in [-0.2, 0) is 11.2 Å². The van der Waals surface area contributed by atoms with Crippen molar-refractivity contribution in [2.24, 2.45) is 0 Å². The van der Waals surface area contributed by atoms with Crippen molar-refractivity contribution in [2.45, 2.75) is 25.7 Å². The third-order valence-corrected chi connectivity index (χ3v) is 5.39. The Labute approximate surface area is 161 Å². The van der Waals surface area contributed by atoms with Crippen LogP contribution in [0.15, 0.2) is 30.4 Å². The molecule has 1 aliphatic carbocycles. The van der Waals surface area contributed by atoms with E-state index in [1.165, 1.54) is 11.3 Å². The number of aromatic nitrogens is 5. The molecule has 3 aromatic rings. The number of rotatable bonds is 4. The summed E-state index contributed by atoms with van der Waals surface area (Å²) in [7, 11) is 0. The summed E-state index contributed by atoms with van der Waals surface area (Å²) in [5.41, 5.74) is 6.50. The number of hydrogen-bond donors (Lipinski definition) is 3. The third-order valence-electron chi connectivity index (χ3n) is 5.39. The zero-order valence-electron chi connectivity index (χ0n) is 15.4. The highest BCUT2D eigenvalue weighted by Crippen LogP contribution is 2.29. The van der Waals surface area contributed by atoms with Crippen molar-refractivity contribution in [2.75, 3.05) is 18.4 Å². The third kappa shape index (κ3) is 3.06. The summed E-state index contributed by atoms with van der Waals surface area (Å²) in [5.74, 6) is 0.802. The Morgan fingerprint density at radius 2 is 2.18 bits per heavy atom. The lowest BCUT2D eigenvalue weighted by atomic mass is 10.1. The van der Waals surface area contributed by atoms with Gasteiger partial charge in [-0.1, -0.05) is 6.08 Å². The van der Waals surface area contributed by atoms with E-state index >= 15 is 0 Å². The second-order valence-electron chi connectivity index (χ2n) is 7.20. The molecule has 28 heavy (non-hydrogen) atoms.